The van der Waals surface area contributed by atoms with E-state index >= 15 is 0 Å². The molecule has 120 valence electrons. The smallest absolute Gasteiger partial charge is 0.203 e. The van der Waals surface area contributed by atoms with Crippen LogP contribution in [0.25, 0.3) is 10.9 Å². The third-order valence-corrected chi connectivity index (χ3v) is 3.78. The molecule has 5 heteroatoms. The number of aromatic amines is 1. The van der Waals surface area contributed by atoms with Gasteiger partial charge in [0, 0.05) is 23.9 Å². The van der Waals surface area contributed by atoms with Gasteiger partial charge in [-0.2, -0.15) is 0 Å². The van der Waals surface area contributed by atoms with Crippen molar-refractivity contribution in [2.24, 2.45) is 0 Å². The minimum atomic E-state index is 0.603. The van der Waals surface area contributed by atoms with Crippen molar-refractivity contribution in [3.05, 3.63) is 48.2 Å². The molecule has 3 aromatic rings. The van der Waals surface area contributed by atoms with Crippen molar-refractivity contribution >= 4 is 16.6 Å². The van der Waals surface area contributed by atoms with Crippen molar-refractivity contribution in [1.82, 2.24) is 4.98 Å². The Morgan fingerprint density at radius 3 is 2.30 bits per heavy atom. The summed E-state index contributed by atoms with van der Waals surface area (Å²) in [5, 5.41) is 4.61. The molecule has 23 heavy (non-hydrogen) atoms. The van der Waals surface area contributed by atoms with Gasteiger partial charge in [0.2, 0.25) is 5.75 Å². The van der Waals surface area contributed by atoms with Crippen LogP contribution in [-0.4, -0.2) is 26.3 Å². The lowest BCUT2D eigenvalue weighted by atomic mass is 10.1. The molecule has 0 fully saturated rings. The summed E-state index contributed by atoms with van der Waals surface area (Å²) in [5.41, 5.74) is 3.21. The quantitative estimate of drug-likeness (QED) is 0.727. The Labute approximate surface area is 135 Å². The van der Waals surface area contributed by atoms with E-state index in [1.165, 1.54) is 5.39 Å². The first-order chi connectivity index (χ1) is 11.2. The van der Waals surface area contributed by atoms with Crippen LogP contribution in [0.4, 0.5) is 5.69 Å². The average molecular weight is 312 g/mol. The van der Waals surface area contributed by atoms with Gasteiger partial charge in [-0.15, -0.1) is 0 Å². The Bertz CT molecular complexity index is 786. The fourth-order valence-corrected chi connectivity index (χ4v) is 2.60. The summed E-state index contributed by atoms with van der Waals surface area (Å²) in [6.07, 6.45) is 1.94. The van der Waals surface area contributed by atoms with E-state index in [1.54, 1.807) is 21.3 Å². The van der Waals surface area contributed by atoms with Crippen LogP contribution in [0.15, 0.2) is 42.6 Å². The second-order valence-electron chi connectivity index (χ2n) is 5.17. The number of nitrogens with one attached hydrogen (secondary N) is 2. The van der Waals surface area contributed by atoms with E-state index in [4.69, 9.17) is 14.2 Å². The van der Waals surface area contributed by atoms with Crippen LogP contribution in [0.3, 0.4) is 0 Å². The normalized spacial score (nSPS) is 10.6. The van der Waals surface area contributed by atoms with Gasteiger partial charge in [0.25, 0.3) is 0 Å². The zero-order valence-electron chi connectivity index (χ0n) is 13.5. The maximum Gasteiger partial charge on any atom is 0.203 e. The second-order valence-corrected chi connectivity index (χ2v) is 5.17. The number of rotatable bonds is 6. The first kappa shape index (κ1) is 15.1. The predicted molar refractivity (Wildman–Crippen MR) is 91.7 cm³/mol. The molecule has 3 rings (SSSR count). The zero-order chi connectivity index (χ0) is 16.2. The topological polar surface area (TPSA) is 55.5 Å². The molecule has 0 aliphatic heterocycles. The Balaban J connectivity index is 1.81. The van der Waals surface area contributed by atoms with Gasteiger partial charge >= 0.3 is 0 Å². The van der Waals surface area contributed by atoms with E-state index in [-0.39, 0.29) is 0 Å². The van der Waals surface area contributed by atoms with Crippen LogP contribution < -0.4 is 19.5 Å². The number of anilines is 1. The van der Waals surface area contributed by atoms with E-state index in [2.05, 4.69) is 34.6 Å². The molecule has 0 saturated carbocycles. The monoisotopic (exact) mass is 312 g/mol. The Morgan fingerprint density at radius 2 is 1.65 bits per heavy atom. The highest BCUT2D eigenvalue weighted by Gasteiger charge is 2.13. The van der Waals surface area contributed by atoms with Crippen LogP contribution in [-0.2, 0) is 6.54 Å². The molecular weight excluding hydrogens is 292 g/mol. The highest BCUT2D eigenvalue weighted by atomic mass is 16.5. The lowest BCUT2D eigenvalue weighted by Gasteiger charge is -2.15. The molecule has 2 aromatic carbocycles. The molecule has 0 saturated heterocycles. The largest absolute Gasteiger partial charge is 0.493 e. The molecule has 0 amide bonds. The molecule has 1 heterocycles. The van der Waals surface area contributed by atoms with Gasteiger partial charge < -0.3 is 24.5 Å². The third kappa shape index (κ3) is 3.04. The lowest BCUT2D eigenvalue weighted by molar-refractivity contribution is 0.324. The SMILES string of the molecule is COc1cc(CNc2ccc3cc[nH]c3c2)cc(OC)c1OC. The van der Waals surface area contributed by atoms with E-state index in [0.29, 0.717) is 23.8 Å². The van der Waals surface area contributed by atoms with Gasteiger partial charge in [-0.05, 0) is 41.3 Å². The first-order valence-corrected chi connectivity index (χ1v) is 7.35. The number of fused-ring (bicyclic) bond motifs is 1. The van der Waals surface area contributed by atoms with Crippen molar-refractivity contribution in [3.8, 4) is 17.2 Å². The van der Waals surface area contributed by atoms with Crippen LogP contribution in [0.1, 0.15) is 5.56 Å². The molecular formula is C18H20N2O3. The highest BCUT2D eigenvalue weighted by Crippen LogP contribution is 2.38. The van der Waals surface area contributed by atoms with Gasteiger partial charge in [-0.1, -0.05) is 6.07 Å². The van der Waals surface area contributed by atoms with Gasteiger partial charge in [-0.3, -0.25) is 0 Å². The summed E-state index contributed by atoms with van der Waals surface area (Å²) >= 11 is 0. The van der Waals surface area contributed by atoms with Crippen molar-refractivity contribution < 1.29 is 14.2 Å². The van der Waals surface area contributed by atoms with Crippen LogP contribution in [0.5, 0.6) is 17.2 Å². The highest BCUT2D eigenvalue weighted by molar-refractivity contribution is 5.82. The summed E-state index contributed by atoms with van der Waals surface area (Å²) in [5.74, 6) is 1.92. The van der Waals surface area contributed by atoms with Gasteiger partial charge in [0.15, 0.2) is 11.5 Å². The number of ether oxygens (including phenoxy) is 3. The summed E-state index contributed by atoms with van der Waals surface area (Å²) in [7, 11) is 4.84. The molecule has 0 spiro atoms. The molecule has 0 aliphatic rings. The van der Waals surface area contributed by atoms with E-state index in [9.17, 15) is 0 Å². The molecule has 2 N–H and O–H groups in total. The first-order valence-electron chi connectivity index (χ1n) is 7.35. The van der Waals surface area contributed by atoms with E-state index in [0.717, 1.165) is 16.8 Å². The number of hydrogen-bond donors (Lipinski definition) is 2. The van der Waals surface area contributed by atoms with Crippen LogP contribution >= 0.6 is 0 Å². The maximum atomic E-state index is 5.38. The summed E-state index contributed by atoms with van der Waals surface area (Å²) in [6.45, 7) is 0.656. The van der Waals surface area contributed by atoms with Crippen LogP contribution in [0, 0.1) is 0 Å². The van der Waals surface area contributed by atoms with E-state index in [1.807, 2.05) is 18.3 Å². The fourth-order valence-electron chi connectivity index (χ4n) is 2.60. The standard InChI is InChI=1S/C18H20N2O3/c1-21-16-8-12(9-17(22-2)18(16)23-3)11-20-14-5-4-13-6-7-19-15(13)10-14/h4-10,19-20H,11H2,1-3H3. The van der Waals surface area contributed by atoms with Crippen LogP contribution in [0.2, 0.25) is 0 Å². The minimum absolute atomic E-state index is 0.603. The molecule has 0 radical (unpaired) electrons. The summed E-state index contributed by atoms with van der Waals surface area (Å²) in [6, 6.07) is 12.2. The lowest BCUT2D eigenvalue weighted by Crippen LogP contribution is -2.02. The molecule has 0 bridgehead atoms. The third-order valence-electron chi connectivity index (χ3n) is 3.78. The van der Waals surface area contributed by atoms with Gasteiger partial charge in [-0.25, -0.2) is 0 Å². The molecule has 0 aliphatic carbocycles. The summed E-state index contributed by atoms with van der Waals surface area (Å²) < 4.78 is 16.1. The predicted octanol–water partition coefficient (Wildman–Crippen LogP) is 3.81. The van der Waals surface area contributed by atoms with Crippen molar-refractivity contribution in [2.45, 2.75) is 6.54 Å². The molecule has 5 nitrogen and oxygen atoms in total. The van der Waals surface area contributed by atoms with Crippen molar-refractivity contribution in [1.29, 1.82) is 0 Å². The minimum Gasteiger partial charge on any atom is -0.493 e. The Kier molecular flexibility index (Phi) is 4.28. The zero-order valence-corrected chi connectivity index (χ0v) is 13.5. The maximum absolute atomic E-state index is 5.38. The van der Waals surface area contributed by atoms with Gasteiger partial charge in [0.1, 0.15) is 0 Å². The number of H-pyrrole nitrogens is 1. The Hall–Kier alpha value is -2.82. The number of methoxy groups -OCH3 is 3. The Morgan fingerprint density at radius 1 is 0.913 bits per heavy atom. The number of aromatic nitrogens is 1. The molecule has 0 unspecified atom stereocenters. The number of hydrogen-bond acceptors (Lipinski definition) is 4. The summed E-state index contributed by atoms with van der Waals surface area (Å²) in [4.78, 5) is 3.21. The molecule has 1 aromatic heterocycles. The molecule has 0 atom stereocenters. The number of benzene rings is 2. The van der Waals surface area contributed by atoms with E-state index < -0.39 is 0 Å². The average Bonchev–Trinajstić information content (AvgIpc) is 3.06. The van der Waals surface area contributed by atoms with Gasteiger partial charge in [0.05, 0.1) is 21.3 Å². The van der Waals surface area contributed by atoms with Crippen molar-refractivity contribution in [3.63, 3.8) is 0 Å². The fraction of sp³-hybridized carbons (Fsp3) is 0.222. The second kappa shape index (κ2) is 6.52. The van der Waals surface area contributed by atoms with Crippen molar-refractivity contribution in [2.75, 3.05) is 26.6 Å².